The third-order valence-corrected chi connectivity index (χ3v) is 1.67. The predicted molar refractivity (Wildman–Crippen MR) is 50.5 cm³/mol. The lowest BCUT2D eigenvalue weighted by Crippen LogP contribution is -2.10. The molecule has 5 heteroatoms. The first-order valence-corrected chi connectivity index (χ1v) is 4.40. The van der Waals surface area contributed by atoms with E-state index in [0.717, 1.165) is 0 Å². The zero-order chi connectivity index (χ0) is 10.7. The van der Waals surface area contributed by atoms with Crippen molar-refractivity contribution in [1.82, 2.24) is 9.78 Å². The Hall–Kier alpha value is -1.52. The van der Waals surface area contributed by atoms with E-state index in [-0.39, 0.29) is 5.56 Å². The maximum atomic E-state index is 10.7. The number of hydrogen-bond acceptors (Lipinski definition) is 3. The van der Waals surface area contributed by atoms with Crippen molar-refractivity contribution in [3.63, 3.8) is 0 Å². The molecule has 0 saturated carbocycles. The monoisotopic (exact) mass is 198 g/mol. The van der Waals surface area contributed by atoms with Crippen molar-refractivity contribution in [1.29, 1.82) is 0 Å². The highest BCUT2D eigenvalue weighted by Crippen LogP contribution is 2.17. The molecule has 14 heavy (non-hydrogen) atoms. The fraction of sp³-hybridized carbons (Fsp3) is 0.556. The Morgan fingerprint density at radius 1 is 1.71 bits per heavy atom. The Morgan fingerprint density at radius 3 is 2.86 bits per heavy atom. The van der Waals surface area contributed by atoms with Crippen LogP contribution in [-0.4, -0.2) is 27.5 Å². The van der Waals surface area contributed by atoms with Crippen LogP contribution in [0.3, 0.4) is 0 Å². The summed E-state index contributed by atoms with van der Waals surface area (Å²) in [7, 11) is 1.65. The van der Waals surface area contributed by atoms with Gasteiger partial charge in [-0.05, 0) is 5.92 Å². The summed E-state index contributed by atoms with van der Waals surface area (Å²) in [5.41, 5.74) is 0.105. The van der Waals surface area contributed by atoms with Crippen molar-refractivity contribution in [2.75, 3.05) is 6.61 Å². The average molecular weight is 198 g/mol. The topological polar surface area (TPSA) is 64.3 Å². The fourth-order valence-electron chi connectivity index (χ4n) is 0.990. The van der Waals surface area contributed by atoms with Gasteiger partial charge in [-0.2, -0.15) is 5.10 Å². The van der Waals surface area contributed by atoms with E-state index in [1.807, 2.05) is 13.8 Å². The molecule has 0 aliphatic rings. The van der Waals surface area contributed by atoms with E-state index in [1.54, 1.807) is 7.05 Å². The molecule has 5 nitrogen and oxygen atoms in total. The number of aromatic carboxylic acids is 1. The highest BCUT2D eigenvalue weighted by Gasteiger charge is 2.16. The molecule has 0 spiro atoms. The van der Waals surface area contributed by atoms with Crippen LogP contribution in [0.1, 0.15) is 24.2 Å². The number of carboxylic acid groups (broad SMARTS) is 1. The number of aromatic nitrogens is 2. The Kier molecular flexibility index (Phi) is 3.11. The summed E-state index contributed by atoms with van der Waals surface area (Å²) in [5.74, 6) is -0.352. The maximum Gasteiger partial charge on any atom is 0.342 e. The van der Waals surface area contributed by atoms with Crippen molar-refractivity contribution in [3.8, 4) is 5.88 Å². The quantitative estimate of drug-likeness (QED) is 0.788. The molecule has 0 radical (unpaired) electrons. The Bertz CT molecular complexity index is 331. The Morgan fingerprint density at radius 2 is 2.36 bits per heavy atom. The van der Waals surface area contributed by atoms with Crippen LogP contribution in [0.4, 0.5) is 0 Å². The molecule has 78 valence electrons. The van der Waals surface area contributed by atoms with Gasteiger partial charge in [-0.25, -0.2) is 9.48 Å². The predicted octanol–water partition coefficient (Wildman–Crippen LogP) is 1.15. The van der Waals surface area contributed by atoms with E-state index < -0.39 is 5.97 Å². The second kappa shape index (κ2) is 4.13. The van der Waals surface area contributed by atoms with E-state index in [9.17, 15) is 4.79 Å². The van der Waals surface area contributed by atoms with Crippen LogP contribution < -0.4 is 4.74 Å². The van der Waals surface area contributed by atoms with E-state index in [4.69, 9.17) is 9.84 Å². The normalized spacial score (nSPS) is 10.6. The van der Waals surface area contributed by atoms with Crippen LogP contribution in [0.2, 0.25) is 0 Å². The van der Waals surface area contributed by atoms with Gasteiger partial charge in [-0.15, -0.1) is 0 Å². The minimum atomic E-state index is -1.02. The SMILES string of the molecule is CC(C)COc1c(C(=O)O)cnn1C. The van der Waals surface area contributed by atoms with E-state index in [0.29, 0.717) is 18.4 Å². The standard InChI is InChI=1S/C9H14N2O3/c1-6(2)5-14-8-7(9(12)13)4-10-11(8)3/h4,6H,5H2,1-3H3,(H,12,13). The van der Waals surface area contributed by atoms with E-state index >= 15 is 0 Å². The Labute approximate surface area is 82.3 Å². The molecule has 0 bridgehead atoms. The lowest BCUT2D eigenvalue weighted by molar-refractivity contribution is 0.0690. The van der Waals surface area contributed by atoms with Gasteiger partial charge in [0.2, 0.25) is 5.88 Å². The summed E-state index contributed by atoms with van der Waals surface area (Å²) >= 11 is 0. The first-order valence-electron chi connectivity index (χ1n) is 4.40. The molecule has 1 rings (SSSR count). The first kappa shape index (κ1) is 10.6. The van der Waals surface area contributed by atoms with Gasteiger partial charge >= 0.3 is 5.97 Å². The summed E-state index contributed by atoms with van der Waals surface area (Å²) in [6.45, 7) is 4.48. The zero-order valence-electron chi connectivity index (χ0n) is 8.52. The Balaban J connectivity index is 2.83. The zero-order valence-corrected chi connectivity index (χ0v) is 8.52. The molecule has 1 N–H and O–H groups in total. The lowest BCUT2D eigenvalue weighted by Gasteiger charge is -2.09. The average Bonchev–Trinajstić information content (AvgIpc) is 2.43. The number of nitrogens with zero attached hydrogens (tertiary/aromatic N) is 2. The summed E-state index contributed by atoms with van der Waals surface area (Å²) in [5, 5.41) is 12.6. The van der Waals surface area contributed by atoms with Gasteiger partial charge < -0.3 is 9.84 Å². The van der Waals surface area contributed by atoms with Crippen LogP contribution in [0.5, 0.6) is 5.88 Å². The van der Waals surface area contributed by atoms with Crippen molar-refractivity contribution < 1.29 is 14.6 Å². The van der Waals surface area contributed by atoms with Crippen molar-refractivity contribution in [2.45, 2.75) is 13.8 Å². The van der Waals surface area contributed by atoms with Crippen molar-refractivity contribution in [3.05, 3.63) is 11.8 Å². The number of ether oxygens (including phenoxy) is 1. The summed E-state index contributed by atoms with van der Waals surface area (Å²) in [6.07, 6.45) is 1.29. The van der Waals surface area contributed by atoms with Crippen molar-refractivity contribution >= 4 is 5.97 Å². The molecule has 0 aliphatic heterocycles. The third kappa shape index (κ3) is 2.25. The van der Waals surface area contributed by atoms with Crippen LogP contribution in [0.25, 0.3) is 0 Å². The lowest BCUT2D eigenvalue weighted by atomic mass is 10.2. The molecule has 1 heterocycles. The second-order valence-electron chi connectivity index (χ2n) is 3.50. The van der Waals surface area contributed by atoms with Gasteiger partial charge in [-0.1, -0.05) is 13.8 Å². The van der Waals surface area contributed by atoms with Gasteiger partial charge in [-0.3, -0.25) is 0 Å². The van der Waals surface area contributed by atoms with Crippen molar-refractivity contribution in [2.24, 2.45) is 13.0 Å². The third-order valence-electron chi connectivity index (χ3n) is 1.67. The molecular formula is C9H14N2O3. The fourth-order valence-corrected chi connectivity index (χ4v) is 0.990. The minimum absolute atomic E-state index is 0.105. The molecule has 0 aliphatic carbocycles. The first-order chi connectivity index (χ1) is 6.52. The van der Waals surface area contributed by atoms with E-state index in [2.05, 4.69) is 5.10 Å². The van der Waals surface area contributed by atoms with Gasteiger partial charge in [0.1, 0.15) is 5.56 Å². The maximum absolute atomic E-state index is 10.7. The highest BCUT2D eigenvalue weighted by molar-refractivity contribution is 5.89. The molecule has 0 aromatic carbocycles. The van der Waals surface area contributed by atoms with Crippen LogP contribution in [0.15, 0.2) is 6.20 Å². The smallest absolute Gasteiger partial charge is 0.342 e. The summed E-state index contributed by atoms with van der Waals surface area (Å²) in [4.78, 5) is 10.7. The molecule has 1 aromatic rings. The van der Waals surface area contributed by atoms with E-state index in [1.165, 1.54) is 10.9 Å². The van der Waals surface area contributed by atoms with Gasteiger partial charge in [0.25, 0.3) is 0 Å². The van der Waals surface area contributed by atoms with Gasteiger partial charge in [0, 0.05) is 7.05 Å². The number of aryl methyl sites for hydroxylation is 1. The number of rotatable bonds is 4. The summed E-state index contributed by atoms with van der Waals surface area (Å²) in [6, 6.07) is 0. The number of carboxylic acids is 1. The number of carbonyl (C=O) groups is 1. The van der Waals surface area contributed by atoms with Crippen LogP contribution >= 0.6 is 0 Å². The molecule has 0 fully saturated rings. The number of hydrogen-bond donors (Lipinski definition) is 1. The molecule has 1 aromatic heterocycles. The molecule has 0 amide bonds. The molecule has 0 atom stereocenters. The van der Waals surface area contributed by atoms with Gasteiger partial charge in [0.15, 0.2) is 0 Å². The molecule has 0 unspecified atom stereocenters. The molecule has 0 saturated heterocycles. The largest absolute Gasteiger partial charge is 0.477 e. The summed E-state index contributed by atoms with van der Waals surface area (Å²) < 4.78 is 6.77. The second-order valence-corrected chi connectivity index (χ2v) is 3.50. The van der Waals surface area contributed by atoms with Crippen LogP contribution in [-0.2, 0) is 7.05 Å². The van der Waals surface area contributed by atoms with Gasteiger partial charge in [0.05, 0.1) is 12.8 Å². The minimum Gasteiger partial charge on any atom is -0.477 e. The molecular weight excluding hydrogens is 184 g/mol. The van der Waals surface area contributed by atoms with Crippen LogP contribution in [0, 0.1) is 5.92 Å². The highest BCUT2D eigenvalue weighted by atomic mass is 16.5.